The van der Waals surface area contributed by atoms with E-state index >= 15 is 0 Å². The summed E-state index contributed by atoms with van der Waals surface area (Å²) in [7, 11) is 0. The topological polar surface area (TPSA) is 35.2 Å². The van der Waals surface area contributed by atoms with Gasteiger partial charge < -0.3 is 4.84 Å². The van der Waals surface area contributed by atoms with Crippen LogP contribution in [0.3, 0.4) is 0 Å². The summed E-state index contributed by atoms with van der Waals surface area (Å²) < 4.78 is 0. The van der Waals surface area contributed by atoms with Gasteiger partial charge in [-0.3, -0.25) is 0 Å². The van der Waals surface area contributed by atoms with Crippen molar-refractivity contribution in [2.45, 2.75) is 6.92 Å². The lowest BCUT2D eigenvalue weighted by Crippen LogP contribution is -2.01. The third-order valence-electron chi connectivity index (χ3n) is 3.45. The predicted molar refractivity (Wildman–Crippen MR) is 88.9 cm³/mol. The number of rotatable bonds is 3. The first-order chi connectivity index (χ1) is 10.2. The molecule has 2 N–H and O–H groups in total. The van der Waals surface area contributed by atoms with Gasteiger partial charge in [-0.1, -0.05) is 54.6 Å². The molecule has 0 spiro atoms. The highest BCUT2D eigenvalue weighted by Gasteiger charge is 1.97. The van der Waals surface area contributed by atoms with Crippen molar-refractivity contribution in [2.75, 3.05) is 0 Å². The van der Waals surface area contributed by atoms with Crippen LogP contribution in [0.2, 0.25) is 0 Å². The van der Waals surface area contributed by atoms with Crippen molar-refractivity contribution in [2.24, 2.45) is 5.90 Å². The van der Waals surface area contributed by atoms with Gasteiger partial charge in [0, 0.05) is 0 Å². The zero-order valence-corrected chi connectivity index (χ0v) is 11.9. The van der Waals surface area contributed by atoms with E-state index in [2.05, 4.69) is 60.7 Å². The normalized spacial score (nSPS) is 11.1. The summed E-state index contributed by atoms with van der Waals surface area (Å²) in [6.07, 6.45) is 4.17. The molecule has 2 heteroatoms. The third-order valence-corrected chi connectivity index (χ3v) is 3.45. The van der Waals surface area contributed by atoms with E-state index in [-0.39, 0.29) is 0 Å². The van der Waals surface area contributed by atoms with Crippen LogP contribution in [0.1, 0.15) is 16.7 Å². The summed E-state index contributed by atoms with van der Waals surface area (Å²) in [5.41, 5.74) is 3.37. The summed E-state index contributed by atoms with van der Waals surface area (Å²) in [6, 6.07) is 20.7. The second-order valence-corrected chi connectivity index (χ2v) is 5.14. The van der Waals surface area contributed by atoms with Crippen LogP contribution in [-0.2, 0) is 0 Å². The minimum atomic E-state index is 0.674. The Morgan fingerprint density at radius 2 is 1.57 bits per heavy atom. The van der Waals surface area contributed by atoms with Gasteiger partial charge >= 0.3 is 0 Å². The molecule has 3 aromatic rings. The lowest BCUT2D eigenvalue weighted by atomic mass is 10.1. The average molecular weight is 275 g/mol. The molecule has 0 aliphatic carbocycles. The van der Waals surface area contributed by atoms with Crippen molar-refractivity contribution in [3.8, 4) is 5.75 Å². The van der Waals surface area contributed by atoms with Gasteiger partial charge in [0.1, 0.15) is 5.75 Å². The van der Waals surface area contributed by atoms with E-state index in [4.69, 9.17) is 10.7 Å². The number of benzene rings is 3. The summed E-state index contributed by atoms with van der Waals surface area (Å²) >= 11 is 0. The fourth-order valence-corrected chi connectivity index (χ4v) is 2.44. The standard InChI is InChI=1S/C19H17NO/c1-14-10-16(13-19(11-14)21-20)7-6-15-8-9-17-4-2-3-5-18(17)12-15/h2-13H,20H2,1H3/b7-6+. The zero-order valence-electron chi connectivity index (χ0n) is 11.9. The predicted octanol–water partition coefficient (Wildman–Crippen LogP) is 4.57. The Morgan fingerprint density at radius 1 is 0.810 bits per heavy atom. The number of fused-ring (bicyclic) bond motifs is 1. The van der Waals surface area contributed by atoms with Gasteiger partial charge in [-0.25, -0.2) is 0 Å². The number of nitrogens with two attached hydrogens (primary N) is 1. The highest BCUT2D eigenvalue weighted by Crippen LogP contribution is 2.20. The van der Waals surface area contributed by atoms with E-state index in [0.29, 0.717) is 5.75 Å². The highest BCUT2D eigenvalue weighted by molar-refractivity contribution is 5.86. The first kappa shape index (κ1) is 13.4. The molecule has 3 rings (SSSR count). The second kappa shape index (κ2) is 5.81. The zero-order chi connectivity index (χ0) is 14.7. The largest absolute Gasteiger partial charge is 0.411 e. The van der Waals surface area contributed by atoms with Crippen molar-refractivity contribution in [1.82, 2.24) is 0 Å². The van der Waals surface area contributed by atoms with Crippen molar-refractivity contribution in [3.63, 3.8) is 0 Å². The van der Waals surface area contributed by atoms with E-state index in [1.54, 1.807) is 0 Å². The van der Waals surface area contributed by atoms with E-state index in [9.17, 15) is 0 Å². The SMILES string of the molecule is Cc1cc(/C=C/c2ccc3ccccc3c2)cc(ON)c1. The minimum absolute atomic E-state index is 0.674. The first-order valence-electron chi connectivity index (χ1n) is 6.90. The summed E-state index contributed by atoms with van der Waals surface area (Å²) in [5.74, 6) is 5.91. The molecule has 0 amide bonds. The summed E-state index contributed by atoms with van der Waals surface area (Å²) in [5, 5.41) is 2.50. The van der Waals surface area contributed by atoms with Crippen molar-refractivity contribution < 1.29 is 4.84 Å². The Labute approximate surface area is 124 Å². The Hall–Kier alpha value is -2.58. The monoisotopic (exact) mass is 275 g/mol. The molecule has 0 atom stereocenters. The van der Waals surface area contributed by atoms with Gasteiger partial charge in [-0.05, 0) is 52.6 Å². The fraction of sp³-hybridized carbons (Fsp3) is 0.0526. The van der Waals surface area contributed by atoms with Gasteiger partial charge in [0.25, 0.3) is 0 Å². The Bertz CT molecular complexity index is 806. The maximum Gasteiger partial charge on any atom is 0.147 e. The van der Waals surface area contributed by atoms with E-state index in [1.165, 1.54) is 16.3 Å². The molecule has 0 heterocycles. The van der Waals surface area contributed by atoms with Crippen LogP contribution < -0.4 is 10.7 Å². The molecule has 21 heavy (non-hydrogen) atoms. The molecule has 0 bridgehead atoms. The van der Waals surface area contributed by atoms with Crippen LogP contribution >= 0.6 is 0 Å². The first-order valence-corrected chi connectivity index (χ1v) is 6.90. The number of hydrogen-bond acceptors (Lipinski definition) is 2. The van der Waals surface area contributed by atoms with Gasteiger partial charge in [-0.15, -0.1) is 0 Å². The fourth-order valence-electron chi connectivity index (χ4n) is 2.44. The molecule has 0 aliphatic rings. The Balaban J connectivity index is 1.92. The minimum Gasteiger partial charge on any atom is -0.411 e. The molecule has 0 fully saturated rings. The Morgan fingerprint density at radius 3 is 2.38 bits per heavy atom. The molecular formula is C19H17NO. The van der Waals surface area contributed by atoms with Crippen molar-refractivity contribution in [1.29, 1.82) is 0 Å². The van der Waals surface area contributed by atoms with Crippen LogP contribution in [0.15, 0.2) is 60.7 Å². The number of hydrogen-bond donors (Lipinski definition) is 1. The van der Waals surface area contributed by atoms with E-state index in [1.807, 2.05) is 19.1 Å². The second-order valence-electron chi connectivity index (χ2n) is 5.14. The maximum atomic E-state index is 5.23. The van der Waals surface area contributed by atoms with Gasteiger partial charge in [-0.2, -0.15) is 5.90 Å². The summed E-state index contributed by atoms with van der Waals surface area (Å²) in [6.45, 7) is 2.02. The van der Waals surface area contributed by atoms with Crippen LogP contribution in [0, 0.1) is 6.92 Å². The Kier molecular flexibility index (Phi) is 3.71. The maximum absolute atomic E-state index is 5.23. The molecule has 0 saturated carbocycles. The molecule has 0 saturated heterocycles. The van der Waals surface area contributed by atoms with E-state index < -0.39 is 0 Å². The molecule has 0 aromatic heterocycles. The van der Waals surface area contributed by atoms with Gasteiger partial charge in [0.2, 0.25) is 0 Å². The average Bonchev–Trinajstić information content (AvgIpc) is 2.52. The van der Waals surface area contributed by atoms with Crippen LogP contribution in [-0.4, -0.2) is 0 Å². The third kappa shape index (κ3) is 3.12. The molecule has 104 valence electrons. The lowest BCUT2D eigenvalue weighted by Gasteiger charge is -2.03. The number of aryl methyl sites for hydroxylation is 1. The van der Waals surface area contributed by atoms with Gasteiger partial charge in [0.05, 0.1) is 0 Å². The van der Waals surface area contributed by atoms with Gasteiger partial charge in [0.15, 0.2) is 0 Å². The van der Waals surface area contributed by atoms with Crippen LogP contribution in [0.4, 0.5) is 0 Å². The molecule has 3 aromatic carbocycles. The molecule has 0 aliphatic heterocycles. The van der Waals surface area contributed by atoms with Crippen molar-refractivity contribution >= 4 is 22.9 Å². The van der Waals surface area contributed by atoms with Crippen LogP contribution in [0.5, 0.6) is 5.75 Å². The molecule has 0 unspecified atom stereocenters. The molecule has 0 radical (unpaired) electrons. The molecular weight excluding hydrogens is 258 g/mol. The highest BCUT2D eigenvalue weighted by atomic mass is 16.6. The lowest BCUT2D eigenvalue weighted by molar-refractivity contribution is 0.334. The smallest absolute Gasteiger partial charge is 0.147 e. The van der Waals surface area contributed by atoms with E-state index in [0.717, 1.165) is 11.1 Å². The van der Waals surface area contributed by atoms with Crippen molar-refractivity contribution in [3.05, 3.63) is 77.4 Å². The summed E-state index contributed by atoms with van der Waals surface area (Å²) in [4.78, 5) is 4.81. The molecule has 2 nitrogen and oxygen atoms in total. The van der Waals surface area contributed by atoms with Crippen LogP contribution in [0.25, 0.3) is 22.9 Å². The quantitative estimate of drug-likeness (QED) is 0.561.